The first-order chi connectivity index (χ1) is 10.2. The molecule has 0 aliphatic carbocycles. The molecule has 2 rings (SSSR count). The first kappa shape index (κ1) is 15.1. The molecule has 112 valence electrons. The zero-order valence-electron chi connectivity index (χ0n) is 12.3. The van der Waals surface area contributed by atoms with Crippen LogP contribution in [0.5, 0.6) is 0 Å². The van der Waals surface area contributed by atoms with E-state index in [1.165, 1.54) is 0 Å². The fraction of sp³-hybridized carbons (Fsp3) is 0.333. The normalized spacial score (nSPS) is 10.4. The quantitative estimate of drug-likeness (QED) is 0.858. The van der Waals surface area contributed by atoms with Crippen LogP contribution in [0.2, 0.25) is 0 Å². The van der Waals surface area contributed by atoms with E-state index in [-0.39, 0.29) is 6.03 Å². The number of anilines is 2. The van der Waals surface area contributed by atoms with Crippen LogP contribution in [0.4, 0.5) is 16.2 Å². The molecule has 6 heteroatoms. The number of aryl methyl sites for hydroxylation is 1. The standard InChI is InChI=1S/C15H20N4O2/c1-3-8-19-10-13(9-16-19)17-15(20)18-14-7-5-4-6-12(14)11-21-2/h4-7,9-10H,3,8,11H2,1-2H3,(H2,17,18,20). The van der Waals surface area contributed by atoms with Crippen molar-refractivity contribution in [2.75, 3.05) is 17.7 Å². The second-order valence-corrected chi connectivity index (χ2v) is 4.66. The van der Waals surface area contributed by atoms with Crippen LogP contribution in [0.3, 0.4) is 0 Å². The van der Waals surface area contributed by atoms with Gasteiger partial charge in [-0.1, -0.05) is 25.1 Å². The molecule has 6 nitrogen and oxygen atoms in total. The molecule has 2 N–H and O–H groups in total. The highest BCUT2D eigenvalue weighted by Crippen LogP contribution is 2.16. The van der Waals surface area contributed by atoms with E-state index in [0.29, 0.717) is 12.3 Å². The van der Waals surface area contributed by atoms with Gasteiger partial charge in [-0.3, -0.25) is 4.68 Å². The summed E-state index contributed by atoms with van der Waals surface area (Å²) in [5.74, 6) is 0. The molecule has 2 amide bonds. The monoisotopic (exact) mass is 288 g/mol. The van der Waals surface area contributed by atoms with E-state index >= 15 is 0 Å². The van der Waals surface area contributed by atoms with E-state index in [1.54, 1.807) is 18.0 Å². The number of nitrogens with one attached hydrogen (secondary N) is 2. The molecule has 0 saturated heterocycles. The Kier molecular flexibility index (Phi) is 5.34. The maximum atomic E-state index is 12.0. The number of benzene rings is 1. The Labute approximate surface area is 124 Å². The third kappa shape index (κ3) is 4.32. The lowest BCUT2D eigenvalue weighted by Gasteiger charge is -2.10. The molecule has 1 aromatic heterocycles. The maximum absolute atomic E-state index is 12.0. The molecule has 1 heterocycles. The number of hydrogen-bond acceptors (Lipinski definition) is 3. The third-order valence-corrected chi connectivity index (χ3v) is 2.91. The summed E-state index contributed by atoms with van der Waals surface area (Å²) in [6.07, 6.45) is 4.44. The average Bonchev–Trinajstić information content (AvgIpc) is 2.89. The first-order valence-corrected chi connectivity index (χ1v) is 6.90. The Morgan fingerprint density at radius 2 is 2.14 bits per heavy atom. The zero-order chi connectivity index (χ0) is 15.1. The van der Waals surface area contributed by atoms with Gasteiger partial charge in [0.2, 0.25) is 0 Å². The fourth-order valence-electron chi connectivity index (χ4n) is 1.99. The predicted octanol–water partition coefficient (Wildman–Crippen LogP) is 3.08. The predicted molar refractivity (Wildman–Crippen MR) is 82.3 cm³/mol. The van der Waals surface area contributed by atoms with E-state index in [9.17, 15) is 4.79 Å². The van der Waals surface area contributed by atoms with Crippen molar-refractivity contribution in [3.8, 4) is 0 Å². The smallest absolute Gasteiger partial charge is 0.323 e. The van der Waals surface area contributed by atoms with Gasteiger partial charge in [-0.2, -0.15) is 5.10 Å². The van der Waals surface area contributed by atoms with Crippen LogP contribution < -0.4 is 10.6 Å². The summed E-state index contributed by atoms with van der Waals surface area (Å²) in [5.41, 5.74) is 2.33. The van der Waals surface area contributed by atoms with Crippen molar-refractivity contribution in [2.24, 2.45) is 0 Å². The topological polar surface area (TPSA) is 68.2 Å². The minimum absolute atomic E-state index is 0.297. The van der Waals surface area contributed by atoms with Crippen LogP contribution in [-0.2, 0) is 17.9 Å². The fourth-order valence-corrected chi connectivity index (χ4v) is 1.99. The Balaban J connectivity index is 1.97. The number of amides is 2. The number of carbonyl (C=O) groups is 1. The van der Waals surface area contributed by atoms with Gasteiger partial charge >= 0.3 is 6.03 Å². The van der Waals surface area contributed by atoms with Crippen LogP contribution in [0.1, 0.15) is 18.9 Å². The number of urea groups is 1. The van der Waals surface area contributed by atoms with Crippen molar-refractivity contribution in [3.63, 3.8) is 0 Å². The molecule has 0 unspecified atom stereocenters. The summed E-state index contributed by atoms with van der Waals surface area (Å²) in [4.78, 5) is 12.0. The largest absolute Gasteiger partial charge is 0.380 e. The number of para-hydroxylation sites is 1. The van der Waals surface area contributed by atoms with E-state index in [2.05, 4.69) is 22.7 Å². The van der Waals surface area contributed by atoms with E-state index in [1.807, 2.05) is 30.5 Å². The van der Waals surface area contributed by atoms with E-state index in [0.717, 1.165) is 24.2 Å². The lowest BCUT2D eigenvalue weighted by atomic mass is 10.2. The van der Waals surface area contributed by atoms with Gasteiger partial charge in [-0.15, -0.1) is 0 Å². The van der Waals surface area contributed by atoms with Crippen molar-refractivity contribution < 1.29 is 9.53 Å². The average molecular weight is 288 g/mol. The molecule has 0 saturated carbocycles. The molecule has 0 aliphatic rings. The highest BCUT2D eigenvalue weighted by atomic mass is 16.5. The van der Waals surface area contributed by atoms with Gasteiger partial charge in [0.25, 0.3) is 0 Å². The molecular weight excluding hydrogens is 268 g/mol. The summed E-state index contributed by atoms with van der Waals surface area (Å²) in [5, 5.41) is 9.75. The second-order valence-electron chi connectivity index (χ2n) is 4.66. The number of ether oxygens (including phenoxy) is 1. The van der Waals surface area contributed by atoms with Crippen LogP contribution in [0.25, 0.3) is 0 Å². The molecule has 1 aromatic carbocycles. The van der Waals surface area contributed by atoms with Crippen LogP contribution in [0.15, 0.2) is 36.7 Å². The Hall–Kier alpha value is -2.34. The van der Waals surface area contributed by atoms with Gasteiger partial charge in [0, 0.05) is 31.1 Å². The molecule has 0 spiro atoms. The summed E-state index contributed by atoms with van der Waals surface area (Å²) in [6.45, 7) is 3.36. The van der Waals surface area contributed by atoms with Crippen molar-refractivity contribution >= 4 is 17.4 Å². The van der Waals surface area contributed by atoms with E-state index < -0.39 is 0 Å². The number of aromatic nitrogens is 2. The minimum atomic E-state index is -0.297. The molecule has 2 aromatic rings. The van der Waals surface area contributed by atoms with Gasteiger partial charge in [0.1, 0.15) is 0 Å². The molecule has 0 bridgehead atoms. The molecule has 21 heavy (non-hydrogen) atoms. The SMILES string of the molecule is CCCn1cc(NC(=O)Nc2ccccc2COC)cn1. The molecule has 0 aliphatic heterocycles. The lowest BCUT2D eigenvalue weighted by Crippen LogP contribution is -2.20. The van der Waals surface area contributed by atoms with Gasteiger partial charge in [0.15, 0.2) is 0 Å². The molecule has 0 radical (unpaired) electrons. The maximum Gasteiger partial charge on any atom is 0.323 e. The van der Waals surface area contributed by atoms with E-state index in [4.69, 9.17) is 4.74 Å². The highest BCUT2D eigenvalue weighted by Gasteiger charge is 2.07. The van der Waals surface area contributed by atoms with Crippen LogP contribution >= 0.6 is 0 Å². The second kappa shape index (κ2) is 7.44. The third-order valence-electron chi connectivity index (χ3n) is 2.91. The van der Waals surface area contributed by atoms with Crippen molar-refractivity contribution in [3.05, 3.63) is 42.2 Å². The van der Waals surface area contributed by atoms with Crippen molar-refractivity contribution in [1.29, 1.82) is 0 Å². The van der Waals surface area contributed by atoms with Crippen molar-refractivity contribution in [2.45, 2.75) is 26.5 Å². The molecule has 0 fully saturated rings. The number of hydrogen-bond donors (Lipinski definition) is 2. The van der Waals surface area contributed by atoms with Crippen molar-refractivity contribution in [1.82, 2.24) is 9.78 Å². The van der Waals surface area contributed by atoms with Crippen LogP contribution in [0, 0.1) is 0 Å². The van der Waals surface area contributed by atoms with Gasteiger partial charge in [-0.05, 0) is 12.5 Å². The summed E-state index contributed by atoms with van der Waals surface area (Å²) >= 11 is 0. The lowest BCUT2D eigenvalue weighted by molar-refractivity contribution is 0.185. The Bertz CT molecular complexity index is 595. The van der Waals surface area contributed by atoms with Crippen LogP contribution in [-0.4, -0.2) is 22.9 Å². The number of carbonyl (C=O) groups excluding carboxylic acids is 1. The van der Waals surface area contributed by atoms with Gasteiger partial charge in [0.05, 0.1) is 18.5 Å². The Morgan fingerprint density at radius 1 is 1.33 bits per heavy atom. The summed E-state index contributed by atoms with van der Waals surface area (Å²) in [7, 11) is 1.62. The van der Waals surface area contributed by atoms with Gasteiger partial charge in [-0.25, -0.2) is 4.79 Å². The molecule has 0 atom stereocenters. The summed E-state index contributed by atoms with van der Waals surface area (Å²) in [6, 6.07) is 7.24. The summed E-state index contributed by atoms with van der Waals surface area (Å²) < 4.78 is 6.91. The first-order valence-electron chi connectivity index (χ1n) is 6.90. The molecular formula is C15H20N4O2. The number of methoxy groups -OCH3 is 1. The van der Waals surface area contributed by atoms with Gasteiger partial charge < -0.3 is 15.4 Å². The zero-order valence-corrected chi connectivity index (χ0v) is 12.3. The Morgan fingerprint density at radius 3 is 2.90 bits per heavy atom. The number of nitrogens with zero attached hydrogens (tertiary/aromatic N) is 2. The number of rotatable bonds is 6. The highest BCUT2D eigenvalue weighted by molar-refractivity contribution is 6.00. The minimum Gasteiger partial charge on any atom is -0.380 e.